The van der Waals surface area contributed by atoms with Crippen LogP contribution in [0.4, 0.5) is 0 Å². The summed E-state index contributed by atoms with van der Waals surface area (Å²) in [6.07, 6.45) is 7.56. The molecule has 0 N–H and O–H groups in total. The first-order chi connectivity index (χ1) is 14.0. The molecule has 3 rings (SSSR count). The third-order valence-corrected chi connectivity index (χ3v) is 5.40. The number of pyridine rings is 1. The molecule has 1 aromatic heterocycles. The van der Waals surface area contributed by atoms with E-state index >= 15 is 0 Å². The van der Waals surface area contributed by atoms with Crippen molar-refractivity contribution >= 4 is 17.1 Å². The van der Waals surface area contributed by atoms with Gasteiger partial charge in [-0.25, -0.2) is 0 Å². The van der Waals surface area contributed by atoms with E-state index in [0.717, 1.165) is 28.8 Å². The maximum atomic E-state index is 13.0. The Balaban J connectivity index is 1.79. The summed E-state index contributed by atoms with van der Waals surface area (Å²) in [5.74, 6) is -1.11. The Morgan fingerprint density at radius 3 is 2.52 bits per heavy atom. The molecule has 0 amide bonds. The first-order valence-corrected chi connectivity index (χ1v) is 10.1. The monoisotopic (exact) mass is 385 g/mol. The molecule has 3 nitrogen and oxygen atoms in total. The first-order valence-electron chi connectivity index (χ1n) is 10.1. The topological polar surface area (TPSA) is 47.0 Å². The first kappa shape index (κ1) is 20.7. The molecule has 0 spiro atoms. The largest absolute Gasteiger partial charge is 0.298 e. The lowest BCUT2D eigenvalue weighted by molar-refractivity contribution is -0.126. The lowest BCUT2D eigenvalue weighted by Crippen LogP contribution is -2.21. The Kier molecular flexibility index (Phi) is 6.71. The van der Waals surface area contributed by atoms with Gasteiger partial charge < -0.3 is 0 Å². The zero-order valence-electron chi connectivity index (χ0n) is 17.1. The predicted octanol–water partition coefficient (Wildman–Crippen LogP) is 5.39. The molecule has 148 valence electrons. The van der Waals surface area contributed by atoms with Gasteiger partial charge in [-0.15, -0.1) is 0 Å². The average molecular weight is 386 g/mol. The van der Waals surface area contributed by atoms with Crippen LogP contribution in [0.25, 0.3) is 5.57 Å². The average Bonchev–Trinajstić information content (AvgIpc) is 3.01. The summed E-state index contributed by atoms with van der Waals surface area (Å²) in [5.41, 5.74) is 4.52. The highest BCUT2D eigenvalue weighted by Crippen LogP contribution is 2.34. The quantitative estimate of drug-likeness (QED) is 0.474. The van der Waals surface area contributed by atoms with Crippen LogP contribution in [-0.2, 0) is 16.0 Å². The van der Waals surface area contributed by atoms with Gasteiger partial charge >= 0.3 is 0 Å². The van der Waals surface area contributed by atoms with Crippen molar-refractivity contribution in [3.05, 3.63) is 95.9 Å². The molecule has 1 aromatic carbocycles. The Morgan fingerprint density at radius 2 is 1.86 bits per heavy atom. The number of nitrogens with zero attached hydrogens (tertiary/aromatic N) is 1. The van der Waals surface area contributed by atoms with Gasteiger partial charge in [0.15, 0.2) is 5.78 Å². The van der Waals surface area contributed by atoms with E-state index in [1.165, 1.54) is 0 Å². The molecule has 1 fully saturated rings. The Labute approximate surface area is 172 Å². The lowest BCUT2D eigenvalue weighted by atomic mass is 9.88. The van der Waals surface area contributed by atoms with Gasteiger partial charge in [0, 0.05) is 24.2 Å². The van der Waals surface area contributed by atoms with E-state index in [-0.39, 0.29) is 23.9 Å². The van der Waals surface area contributed by atoms with Gasteiger partial charge in [-0.05, 0) is 54.2 Å². The highest BCUT2D eigenvalue weighted by atomic mass is 16.2. The molecule has 2 unspecified atom stereocenters. The van der Waals surface area contributed by atoms with E-state index in [4.69, 9.17) is 0 Å². The highest BCUT2D eigenvalue weighted by Gasteiger charge is 2.42. The molecular weight excluding hydrogens is 358 g/mol. The fourth-order valence-corrected chi connectivity index (χ4v) is 3.83. The summed E-state index contributed by atoms with van der Waals surface area (Å²) >= 11 is 0. The third-order valence-electron chi connectivity index (χ3n) is 5.40. The molecule has 2 atom stereocenters. The van der Waals surface area contributed by atoms with Crippen molar-refractivity contribution in [3.63, 3.8) is 0 Å². The van der Waals surface area contributed by atoms with Gasteiger partial charge in [0.1, 0.15) is 11.7 Å². The molecule has 3 heteroatoms. The van der Waals surface area contributed by atoms with Crippen molar-refractivity contribution in [1.82, 2.24) is 4.98 Å². The van der Waals surface area contributed by atoms with Crippen molar-refractivity contribution in [3.8, 4) is 0 Å². The van der Waals surface area contributed by atoms with Crippen LogP contribution in [0.15, 0.2) is 84.6 Å². The number of allylic oxidation sites excluding steroid dienone is 5. The molecule has 0 saturated heterocycles. The number of aromatic nitrogens is 1. The van der Waals surface area contributed by atoms with Crippen LogP contribution < -0.4 is 0 Å². The summed E-state index contributed by atoms with van der Waals surface area (Å²) in [5, 5.41) is 0. The fourth-order valence-electron chi connectivity index (χ4n) is 3.83. The van der Waals surface area contributed by atoms with Crippen LogP contribution in [-0.4, -0.2) is 16.6 Å². The van der Waals surface area contributed by atoms with E-state index in [2.05, 4.69) is 36.7 Å². The van der Waals surface area contributed by atoms with Gasteiger partial charge in [0.25, 0.3) is 0 Å². The molecule has 0 radical (unpaired) electrons. The maximum absolute atomic E-state index is 13.0. The third kappa shape index (κ3) is 4.86. The van der Waals surface area contributed by atoms with Gasteiger partial charge in [-0.2, -0.15) is 0 Å². The number of ketones is 2. The second kappa shape index (κ2) is 9.42. The number of carbonyl (C=O) groups is 2. The van der Waals surface area contributed by atoms with E-state index in [0.29, 0.717) is 12.0 Å². The Bertz CT molecular complexity index is 955. The minimum atomic E-state index is -0.737. The van der Waals surface area contributed by atoms with Crippen LogP contribution >= 0.6 is 0 Å². The lowest BCUT2D eigenvalue weighted by Gasteiger charge is -2.14. The molecule has 1 heterocycles. The second-order valence-electron chi connectivity index (χ2n) is 7.51. The maximum Gasteiger partial charge on any atom is 0.151 e. The van der Waals surface area contributed by atoms with Crippen molar-refractivity contribution in [1.29, 1.82) is 0 Å². The summed E-state index contributed by atoms with van der Waals surface area (Å²) in [6.45, 7) is 8.16. The molecule has 2 aromatic rings. The fraction of sp³-hybridized carbons (Fsp3) is 0.269. The number of hydrogen-bond donors (Lipinski definition) is 0. The van der Waals surface area contributed by atoms with Crippen LogP contribution in [0.5, 0.6) is 0 Å². The molecule has 1 aliphatic carbocycles. The Hall–Kier alpha value is -3.07. The number of carbonyl (C=O) groups excluding carboxylic acids is 2. The van der Waals surface area contributed by atoms with E-state index < -0.39 is 5.92 Å². The van der Waals surface area contributed by atoms with Gasteiger partial charge in [-0.1, -0.05) is 62.1 Å². The van der Waals surface area contributed by atoms with Crippen molar-refractivity contribution in [2.24, 2.45) is 11.8 Å². The number of rotatable bonds is 7. The SMILES string of the molecule is C=C(/C(C)=C\C(=C/CC)c1ccccc1)C1C(=O)CC(Cc2ccccn2)C1=O. The van der Waals surface area contributed by atoms with Gasteiger partial charge in [-0.3, -0.25) is 14.6 Å². The zero-order valence-corrected chi connectivity index (χ0v) is 17.1. The molecule has 1 aliphatic rings. The molecule has 29 heavy (non-hydrogen) atoms. The minimum Gasteiger partial charge on any atom is -0.298 e. The molecular formula is C26H27NO2. The highest BCUT2D eigenvalue weighted by molar-refractivity contribution is 6.13. The minimum absolute atomic E-state index is 0.0286. The van der Waals surface area contributed by atoms with Crippen LogP contribution in [0.1, 0.15) is 37.9 Å². The molecule has 0 bridgehead atoms. The van der Waals surface area contributed by atoms with E-state index in [9.17, 15) is 9.59 Å². The summed E-state index contributed by atoms with van der Waals surface area (Å²) in [4.78, 5) is 30.0. The molecule has 1 saturated carbocycles. The zero-order chi connectivity index (χ0) is 20.8. The standard InChI is InChI=1S/C26H27NO2/c1-4-10-21(20-11-6-5-7-12-20)15-18(2)19(3)25-24(28)17-22(26(25)29)16-23-13-8-9-14-27-23/h5-15,22,25H,3-4,16-17H2,1-2H3/b18-15-,21-10+. The summed E-state index contributed by atoms with van der Waals surface area (Å²) in [6, 6.07) is 15.8. The predicted molar refractivity (Wildman–Crippen MR) is 117 cm³/mol. The van der Waals surface area contributed by atoms with Crippen LogP contribution in [0, 0.1) is 11.8 Å². The van der Waals surface area contributed by atoms with Crippen molar-refractivity contribution in [2.45, 2.75) is 33.1 Å². The van der Waals surface area contributed by atoms with Gasteiger partial charge in [0.2, 0.25) is 0 Å². The van der Waals surface area contributed by atoms with Crippen molar-refractivity contribution < 1.29 is 9.59 Å². The van der Waals surface area contributed by atoms with Crippen LogP contribution in [0.3, 0.4) is 0 Å². The molecule has 0 aliphatic heterocycles. The van der Waals surface area contributed by atoms with Crippen LogP contribution in [0.2, 0.25) is 0 Å². The number of benzene rings is 1. The Morgan fingerprint density at radius 1 is 1.14 bits per heavy atom. The number of Topliss-reactive ketones (excluding diaryl/α,β-unsaturated/α-hetero) is 2. The number of hydrogen-bond acceptors (Lipinski definition) is 3. The second-order valence-corrected chi connectivity index (χ2v) is 7.51. The summed E-state index contributed by atoms with van der Waals surface area (Å²) < 4.78 is 0. The van der Waals surface area contributed by atoms with E-state index in [1.807, 2.05) is 49.4 Å². The summed E-state index contributed by atoms with van der Waals surface area (Å²) in [7, 11) is 0. The van der Waals surface area contributed by atoms with E-state index in [1.54, 1.807) is 6.20 Å². The van der Waals surface area contributed by atoms with Crippen molar-refractivity contribution in [2.75, 3.05) is 0 Å². The van der Waals surface area contributed by atoms with Gasteiger partial charge in [0.05, 0.1) is 0 Å². The normalized spacial score (nSPS) is 20.2. The smallest absolute Gasteiger partial charge is 0.151 e.